The van der Waals surface area contributed by atoms with Crippen LogP contribution in [-0.4, -0.2) is 18.1 Å². The zero-order valence-electron chi connectivity index (χ0n) is 9.94. The van der Waals surface area contributed by atoms with Gasteiger partial charge in [-0.05, 0) is 31.5 Å². The number of hydrogen-bond acceptors (Lipinski definition) is 3. The molecule has 17 heavy (non-hydrogen) atoms. The fourth-order valence-electron chi connectivity index (χ4n) is 2.32. The lowest BCUT2D eigenvalue weighted by Crippen LogP contribution is -2.08. The molecule has 1 aromatic heterocycles. The minimum Gasteiger partial charge on any atom is -0.444 e. The number of oxazole rings is 1. The molecule has 2 aromatic rings. The fourth-order valence-corrected chi connectivity index (χ4v) is 2.32. The van der Waals surface area contributed by atoms with Crippen LogP contribution in [0.4, 0.5) is 0 Å². The second-order valence-electron chi connectivity index (χ2n) is 4.58. The van der Waals surface area contributed by atoms with Gasteiger partial charge >= 0.3 is 0 Å². The maximum Gasteiger partial charge on any atom is 0.226 e. The van der Waals surface area contributed by atoms with Gasteiger partial charge in [-0.25, -0.2) is 4.98 Å². The lowest BCUT2D eigenvalue weighted by molar-refractivity contribution is 0.569. The normalized spacial score (nSPS) is 19.7. The van der Waals surface area contributed by atoms with Crippen molar-refractivity contribution >= 4 is 0 Å². The number of rotatable bonds is 2. The van der Waals surface area contributed by atoms with E-state index in [1.54, 1.807) is 6.26 Å². The summed E-state index contributed by atoms with van der Waals surface area (Å²) in [6.07, 6.45) is 2.96. The summed E-state index contributed by atoms with van der Waals surface area (Å²) in [5, 5.41) is 3.35. The summed E-state index contributed by atoms with van der Waals surface area (Å²) < 4.78 is 5.61. The standard InChI is InChI=1S/C14H16N2O/c1-10-4-2-3-5-12(10)14-16-13(9-17-14)11-6-7-15-8-11/h2-5,9,11,15H,6-8H2,1H3. The van der Waals surface area contributed by atoms with Crippen LogP contribution in [0.3, 0.4) is 0 Å². The van der Waals surface area contributed by atoms with Gasteiger partial charge in [0.2, 0.25) is 5.89 Å². The van der Waals surface area contributed by atoms with E-state index in [2.05, 4.69) is 29.4 Å². The van der Waals surface area contributed by atoms with Crippen LogP contribution in [0.1, 0.15) is 23.6 Å². The van der Waals surface area contributed by atoms with E-state index < -0.39 is 0 Å². The average Bonchev–Trinajstić information content (AvgIpc) is 3.00. The van der Waals surface area contributed by atoms with E-state index in [1.165, 1.54) is 5.56 Å². The molecule has 1 unspecified atom stereocenters. The molecule has 3 nitrogen and oxygen atoms in total. The molecule has 0 radical (unpaired) electrons. The Morgan fingerprint density at radius 1 is 1.35 bits per heavy atom. The van der Waals surface area contributed by atoms with Gasteiger partial charge in [-0.1, -0.05) is 18.2 Å². The summed E-state index contributed by atoms with van der Waals surface area (Å²) in [6, 6.07) is 8.18. The van der Waals surface area contributed by atoms with Gasteiger partial charge in [0.1, 0.15) is 6.26 Å². The molecule has 1 aliphatic heterocycles. The highest BCUT2D eigenvalue weighted by atomic mass is 16.3. The van der Waals surface area contributed by atoms with Crippen molar-refractivity contribution in [2.75, 3.05) is 13.1 Å². The number of aromatic nitrogens is 1. The summed E-state index contributed by atoms with van der Waals surface area (Å²) in [4.78, 5) is 4.62. The first-order valence-electron chi connectivity index (χ1n) is 6.07. The lowest BCUT2D eigenvalue weighted by Gasteiger charge is -2.02. The third-order valence-electron chi connectivity index (χ3n) is 3.38. The van der Waals surface area contributed by atoms with Crippen LogP contribution in [0.5, 0.6) is 0 Å². The van der Waals surface area contributed by atoms with Gasteiger partial charge in [-0.2, -0.15) is 0 Å². The molecule has 3 rings (SSSR count). The SMILES string of the molecule is Cc1ccccc1-c1nc(C2CCNC2)co1. The van der Waals surface area contributed by atoms with E-state index in [-0.39, 0.29) is 0 Å². The van der Waals surface area contributed by atoms with E-state index in [0.717, 1.165) is 36.7 Å². The molecule has 0 saturated carbocycles. The van der Waals surface area contributed by atoms with E-state index in [0.29, 0.717) is 5.92 Å². The van der Waals surface area contributed by atoms with Crippen molar-refractivity contribution in [2.24, 2.45) is 0 Å². The van der Waals surface area contributed by atoms with Gasteiger partial charge in [-0.15, -0.1) is 0 Å². The summed E-state index contributed by atoms with van der Waals surface area (Å²) in [5.74, 6) is 1.25. The third kappa shape index (κ3) is 1.98. The van der Waals surface area contributed by atoms with Crippen molar-refractivity contribution in [3.63, 3.8) is 0 Å². The van der Waals surface area contributed by atoms with Crippen molar-refractivity contribution in [3.05, 3.63) is 41.8 Å². The Hall–Kier alpha value is -1.61. The minimum absolute atomic E-state index is 0.511. The molecule has 1 atom stereocenters. The number of hydrogen-bond donors (Lipinski definition) is 1. The van der Waals surface area contributed by atoms with Gasteiger partial charge in [-0.3, -0.25) is 0 Å². The largest absolute Gasteiger partial charge is 0.444 e. The molecule has 1 N–H and O–H groups in total. The maximum absolute atomic E-state index is 5.61. The van der Waals surface area contributed by atoms with Crippen molar-refractivity contribution in [1.82, 2.24) is 10.3 Å². The van der Waals surface area contributed by atoms with Gasteiger partial charge < -0.3 is 9.73 Å². The highest BCUT2D eigenvalue weighted by Crippen LogP contribution is 2.27. The molecule has 1 fully saturated rings. The zero-order chi connectivity index (χ0) is 11.7. The quantitative estimate of drug-likeness (QED) is 0.858. The number of nitrogens with one attached hydrogen (secondary N) is 1. The molecule has 2 heterocycles. The summed E-state index contributed by atoms with van der Waals surface area (Å²) in [6.45, 7) is 4.17. The van der Waals surface area contributed by atoms with Crippen LogP contribution in [-0.2, 0) is 0 Å². The Bertz CT molecular complexity index is 512. The van der Waals surface area contributed by atoms with Crippen LogP contribution in [0.25, 0.3) is 11.5 Å². The van der Waals surface area contributed by atoms with Crippen LogP contribution in [0.15, 0.2) is 34.9 Å². The van der Waals surface area contributed by atoms with Crippen molar-refractivity contribution in [3.8, 4) is 11.5 Å². The Balaban J connectivity index is 1.92. The van der Waals surface area contributed by atoms with Gasteiger partial charge in [0.25, 0.3) is 0 Å². The molecule has 88 valence electrons. The van der Waals surface area contributed by atoms with E-state index in [1.807, 2.05) is 12.1 Å². The smallest absolute Gasteiger partial charge is 0.226 e. The Labute approximate surface area is 101 Å². The van der Waals surface area contributed by atoms with Crippen molar-refractivity contribution in [1.29, 1.82) is 0 Å². The predicted octanol–water partition coefficient (Wildman–Crippen LogP) is 2.73. The summed E-state index contributed by atoms with van der Waals surface area (Å²) >= 11 is 0. The Kier molecular flexibility index (Phi) is 2.69. The number of benzene rings is 1. The van der Waals surface area contributed by atoms with E-state index in [4.69, 9.17) is 4.42 Å². The van der Waals surface area contributed by atoms with Crippen LogP contribution in [0.2, 0.25) is 0 Å². The Morgan fingerprint density at radius 2 is 2.24 bits per heavy atom. The lowest BCUT2D eigenvalue weighted by atomic mass is 10.1. The monoisotopic (exact) mass is 228 g/mol. The molecular weight excluding hydrogens is 212 g/mol. The van der Waals surface area contributed by atoms with Gasteiger partial charge in [0.15, 0.2) is 0 Å². The predicted molar refractivity (Wildman–Crippen MR) is 66.9 cm³/mol. The highest BCUT2D eigenvalue weighted by molar-refractivity contribution is 5.58. The molecule has 1 aromatic carbocycles. The Morgan fingerprint density at radius 3 is 3.00 bits per heavy atom. The molecule has 0 spiro atoms. The molecule has 0 amide bonds. The van der Waals surface area contributed by atoms with Gasteiger partial charge in [0, 0.05) is 18.0 Å². The second-order valence-corrected chi connectivity index (χ2v) is 4.58. The van der Waals surface area contributed by atoms with Crippen LogP contribution in [0, 0.1) is 6.92 Å². The van der Waals surface area contributed by atoms with Crippen LogP contribution < -0.4 is 5.32 Å². The number of nitrogens with zero attached hydrogens (tertiary/aromatic N) is 1. The molecule has 3 heteroatoms. The highest BCUT2D eigenvalue weighted by Gasteiger charge is 2.20. The molecular formula is C14H16N2O. The average molecular weight is 228 g/mol. The maximum atomic E-state index is 5.61. The fraction of sp³-hybridized carbons (Fsp3) is 0.357. The zero-order valence-corrected chi connectivity index (χ0v) is 9.94. The summed E-state index contributed by atoms with van der Waals surface area (Å²) in [5.41, 5.74) is 3.36. The van der Waals surface area contributed by atoms with Gasteiger partial charge in [0.05, 0.1) is 5.69 Å². The van der Waals surface area contributed by atoms with Crippen LogP contribution >= 0.6 is 0 Å². The third-order valence-corrected chi connectivity index (χ3v) is 3.38. The topological polar surface area (TPSA) is 38.1 Å². The molecule has 1 aliphatic rings. The first kappa shape index (κ1) is 10.5. The van der Waals surface area contributed by atoms with Crippen molar-refractivity contribution < 1.29 is 4.42 Å². The summed E-state index contributed by atoms with van der Waals surface area (Å²) in [7, 11) is 0. The van der Waals surface area contributed by atoms with E-state index in [9.17, 15) is 0 Å². The van der Waals surface area contributed by atoms with E-state index >= 15 is 0 Å². The first-order valence-corrected chi connectivity index (χ1v) is 6.07. The molecule has 1 saturated heterocycles. The number of aryl methyl sites for hydroxylation is 1. The minimum atomic E-state index is 0.511. The first-order chi connectivity index (χ1) is 8.34. The van der Waals surface area contributed by atoms with Crippen molar-refractivity contribution in [2.45, 2.75) is 19.3 Å². The molecule has 0 bridgehead atoms. The second kappa shape index (κ2) is 4.34. The molecule has 0 aliphatic carbocycles.